The van der Waals surface area contributed by atoms with Crippen LogP contribution >= 0.6 is 15.9 Å². The Morgan fingerprint density at radius 1 is 1.04 bits per heavy atom. The molecule has 0 N–H and O–H groups in total. The fraction of sp³-hybridized carbons (Fsp3) is 0.263. The fourth-order valence-corrected chi connectivity index (χ4v) is 2.76. The van der Waals surface area contributed by atoms with Crippen molar-refractivity contribution >= 4 is 27.7 Å². The van der Waals surface area contributed by atoms with E-state index in [0.29, 0.717) is 45.9 Å². The number of ketones is 1. The van der Waals surface area contributed by atoms with E-state index in [-0.39, 0.29) is 5.78 Å². The molecule has 25 heavy (non-hydrogen) atoms. The molecule has 0 heterocycles. The zero-order valence-corrected chi connectivity index (χ0v) is 15.9. The Morgan fingerprint density at radius 2 is 1.72 bits per heavy atom. The van der Waals surface area contributed by atoms with Crippen LogP contribution in [0.5, 0.6) is 17.2 Å². The third-order valence-corrected chi connectivity index (χ3v) is 4.05. The van der Waals surface area contributed by atoms with E-state index in [4.69, 9.17) is 14.2 Å². The first-order valence-corrected chi connectivity index (χ1v) is 8.65. The number of carbonyl (C=O) groups excluding carboxylic acids is 2. The van der Waals surface area contributed by atoms with Crippen molar-refractivity contribution in [2.75, 3.05) is 13.7 Å². The summed E-state index contributed by atoms with van der Waals surface area (Å²) >= 11 is 3.38. The minimum Gasteiger partial charge on any atom is -0.493 e. The lowest BCUT2D eigenvalue weighted by atomic mass is 10.1. The number of carbonyl (C=O) groups is 2. The van der Waals surface area contributed by atoms with E-state index >= 15 is 0 Å². The number of methoxy groups -OCH3 is 1. The Hall–Kier alpha value is -2.34. The van der Waals surface area contributed by atoms with Gasteiger partial charge in [0.05, 0.1) is 23.8 Å². The molecule has 0 radical (unpaired) electrons. The Labute approximate surface area is 155 Å². The molecule has 0 aliphatic heterocycles. The summed E-state index contributed by atoms with van der Waals surface area (Å²) in [5.74, 6) is 0.840. The summed E-state index contributed by atoms with van der Waals surface area (Å²) in [5, 5.41) is 0. The highest BCUT2D eigenvalue weighted by atomic mass is 79.9. The van der Waals surface area contributed by atoms with Gasteiger partial charge in [0.15, 0.2) is 17.3 Å². The first-order valence-electron chi connectivity index (χ1n) is 7.85. The highest BCUT2D eigenvalue weighted by Crippen LogP contribution is 2.36. The summed E-state index contributed by atoms with van der Waals surface area (Å²) in [5.41, 5.74) is 0.911. The van der Waals surface area contributed by atoms with E-state index in [1.807, 2.05) is 6.92 Å². The van der Waals surface area contributed by atoms with Crippen LogP contribution in [0.15, 0.2) is 40.9 Å². The predicted octanol–water partition coefficient (Wildman–Crippen LogP) is 4.67. The molecule has 2 aromatic carbocycles. The van der Waals surface area contributed by atoms with Crippen molar-refractivity contribution in [3.05, 3.63) is 52.0 Å². The first-order chi connectivity index (χ1) is 12.0. The van der Waals surface area contributed by atoms with Gasteiger partial charge >= 0.3 is 5.97 Å². The molecular formula is C19H19BrO5. The SMILES string of the molecule is CCOc1c(Br)cc(C(=O)Oc2ccc(C(=O)CC)cc2)cc1OC. The molecule has 0 saturated heterocycles. The van der Waals surface area contributed by atoms with Crippen LogP contribution in [0.1, 0.15) is 41.0 Å². The highest BCUT2D eigenvalue weighted by molar-refractivity contribution is 9.10. The smallest absolute Gasteiger partial charge is 0.343 e. The third kappa shape index (κ3) is 4.60. The van der Waals surface area contributed by atoms with E-state index in [0.717, 1.165) is 0 Å². The molecule has 6 heteroatoms. The van der Waals surface area contributed by atoms with Gasteiger partial charge in [-0.05, 0) is 59.3 Å². The zero-order valence-electron chi connectivity index (χ0n) is 14.3. The number of esters is 1. The maximum atomic E-state index is 12.4. The lowest BCUT2D eigenvalue weighted by molar-refractivity contribution is 0.0734. The van der Waals surface area contributed by atoms with Crippen molar-refractivity contribution in [1.29, 1.82) is 0 Å². The van der Waals surface area contributed by atoms with Gasteiger partial charge in [0.1, 0.15) is 5.75 Å². The normalized spacial score (nSPS) is 10.2. The number of ether oxygens (including phenoxy) is 3. The minimum absolute atomic E-state index is 0.0399. The predicted molar refractivity (Wildman–Crippen MR) is 97.9 cm³/mol. The van der Waals surface area contributed by atoms with E-state index in [2.05, 4.69) is 15.9 Å². The third-order valence-electron chi connectivity index (χ3n) is 3.46. The Bertz CT molecular complexity index is 768. The summed E-state index contributed by atoms with van der Waals surface area (Å²) in [6.45, 7) is 4.13. The quantitative estimate of drug-likeness (QED) is 0.379. The van der Waals surface area contributed by atoms with Crippen LogP contribution in [0.3, 0.4) is 0 Å². The average Bonchev–Trinajstić information content (AvgIpc) is 2.63. The molecular weight excluding hydrogens is 388 g/mol. The van der Waals surface area contributed by atoms with Crippen LogP contribution in [0, 0.1) is 0 Å². The van der Waals surface area contributed by atoms with Gasteiger partial charge < -0.3 is 14.2 Å². The maximum Gasteiger partial charge on any atom is 0.343 e. The largest absolute Gasteiger partial charge is 0.493 e. The van der Waals surface area contributed by atoms with Crippen molar-refractivity contribution in [3.8, 4) is 17.2 Å². The molecule has 132 valence electrons. The second-order valence-electron chi connectivity index (χ2n) is 5.11. The topological polar surface area (TPSA) is 61.8 Å². The number of rotatable bonds is 7. The van der Waals surface area contributed by atoms with Gasteiger partial charge in [0, 0.05) is 12.0 Å². The van der Waals surface area contributed by atoms with Gasteiger partial charge in [-0.15, -0.1) is 0 Å². The number of Topliss-reactive ketones (excluding diaryl/α,β-unsaturated/α-hetero) is 1. The van der Waals surface area contributed by atoms with Crippen LogP contribution in [0.25, 0.3) is 0 Å². The molecule has 0 fully saturated rings. The number of hydrogen-bond acceptors (Lipinski definition) is 5. The van der Waals surface area contributed by atoms with E-state index < -0.39 is 5.97 Å². The molecule has 0 amide bonds. The van der Waals surface area contributed by atoms with Crippen LogP contribution in [0.2, 0.25) is 0 Å². The van der Waals surface area contributed by atoms with Gasteiger partial charge in [-0.3, -0.25) is 4.79 Å². The number of benzene rings is 2. The first kappa shape index (κ1) is 19.0. The summed E-state index contributed by atoms with van der Waals surface area (Å²) < 4.78 is 16.7. The van der Waals surface area contributed by atoms with Crippen molar-refractivity contribution in [2.45, 2.75) is 20.3 Å². The van der Waals surface area contributed by atoms with Gasteiger partial charge in [-0.1, -0.05) is 6.92 Å². The second-order valence-corrected chi connectivity index (χ2v) is 5.97. The number of halogens is 1. The molecule has 5 nitrogen and oxygen atoms in total. The highest BCUT2D eigenvalue weighted by Gasteiger charge is 2.17. The summed E-state index contributed by atoms with van der Waals surface area (Å²) in [6, 6.07) is 9.66. The Kier molecular flexibility index (Phi) is 6.58. The Balaban J connectivity index is 2.20. The molecule has 2 aromatic rings. The summed E-state index contributed by atoms with van der Waals surface area (Å²) in [6.07, 6.45) is 0.430. The molecule has 2 rings (SSSR count). The van der Waals surface area contributed by atoms with Gasteiger partial charge in [-0.2, -0.15) is 0 Å². The molecule has 0 aromatic heterocycles. The van der Waals surface area contributed by atoms with Gasteiger partial charge in [-0.25, -0.2) is 4.79 Å². The van der Waals surface area contributed by atoms with Crippen molar-refractivity contribution in [1.82, 2.24) is 0 Å². The Morgan fingerprint density at radius 3 is 2.28 bits per heavy atom. The fourth-order valence-electron chi connectivity index (χ4n) is 2.20. The second kappa shape index (κ2) is 8.67. The van der Waals surface area contributed by atoms with Crippen LogP contribution in [-0.4, -0.2) is 25.5 Å². The molecule has 0 spiro atoms. The lowest BCUT2D eigenvalue weighted by Crippen LogP contribution is -2.09. The van der Waals surface area contributed by atoms with Crippen LogP contribution in [-0.2, 0) is 0 Å². The van der Waals surface area contributed by atoms with Crippen LogP contribution in [0.4, 0.5) is 0 Å². The van der Waals surface area contributed by atoms with E-state index in [9.17, 15) is 9.59 Å². The molecule has 0 aliphatic rings. The maximum absolute atomic E-state index is 12.4. The lowest BCUT2D eigenvalue weighted by Gasteiger charge is -2.13. The summed E-state index contributed by atoms with van der Waals surface area (Å²) in [4.78, 5) is 24.0. The molecule has 0 aliphatic carbocycles. The zero-order chi connectivity index (χ0) is 18.4. The molecule has 0 saturated carbocycles. The minimum atomic E-state index is -0.531. The monoisotopic (exact) mass is 406 g/mol. The van der Waals surface area contributed by atoms with Gasteiger partial charge in [0.25, 0.3) is 0 Å². The van der Waals surface area contributed by atoms with Crippen molar-refractivity contribution in [2.24, 2.45) is 0 Å². The van der Waals surface area contributed by atoms with E-state index in [1.165, 1.54) is 7.11 Å². The van der Waals surface area contributed by atoms with Crippen LogP contribution < -0.4 is 14.2 Å². The molecule has 0 unspecified atom stereocenters. The molecule has 0 atom stereocenters. The summed E-state index contributed by atoms with van der Waals surface area (Å²) in [7, 11) is 1.50. The average molecular weight is 407 g/mol. The molecule has 0 bridgehead atoms. The van der Waals surface area contributed by atoms with Crippen molar-refractivity contribution in [3.63, 3.8) is 0 Å². The standard InChI is InChI=1S/C19H19BrO5/c1-4-16(21)12-6-8-14(9-7-12)25-19(22)13-10-15(20)18(24-5-2)17(11-13)23-3/h6-11H,4-5H2,1-3H3. The number of hydrogen-bond donors (Lipinski definition) is 0. The van der Waals surface area contributed by atoms with Gasteiger partial charge in [0.2, 0.25) is 0 Å². The van der Waals surface area contributed by atoms with Crippen molar-refractivity contribution < 1.29 is 23.8 Å². The van der Waals surface area contributed by atoms with E-state index in [1.54, 1.807) is 43.3 Å².